The van der Waals surface area contributed by atoms with E-state index in [1.54, 1.807) is 7.11 Å². The van der Waals surface area contributed by atoms with Crippen LogP contribution >= 0.6 is 0 Å². The Balaban J connectivity index is 2.67. The van der Waals surface area contributed by atoms with Crippen molar-refractivity contribution in [1.82, 2.24) is 15.3 Å². The number of ether oxygens (including phenoxy) is 1. The van der Waals surface area contributed by atoms with Gasteiger partial charge in [0.05, 0.1) is 12.8 Å². The van der Waals surface area contributed by atoms with Gasteiger partial charge in [0.15, 0.2) is 0 Å². The van der Waals surface area contributed by atoms with E-state index in [1.807, 2.05) is 13.1 Å². The Morgan fingerprint density at radius 3 is 3.00 bits per heavy atom. The van der Waals surface area contributed by atoms with E-state index in [1.165, 1.54) is 6.33 Å². The Hall–Kier alpha value is -1.60. The molecule has 1 N–H and O–H groups in total. The molecule has 1 aromatic heterocycles. The van der Waals surface area contributed by atoms with Gasteiger partial charge in [0.2, 0.25) is 5.88 Å². The van der Waals surface area contributed by atoms with Crippen molar-refractivity contribution in [3.8, 4) is 18.2 Å². The van der Waals surface area contributed by atoms with Gasteiger partial charge < -0.3 is 10.1 Å². The molecule has 0 fully saturated rings. The van der Waals surface area contributed by atoms with Crippen molar-refractivity contribution >= 4 is 0 Å². The zero-order chi connectivity index (χ0) is 11.8. The average molecular weight is 219 g/mol. The third kappa shape index (κ3) is 3.52. The molecule has 1 aromatic rings. The van der Waals surface area contributed by atoms with Crippen LogP contribution in [0.3, 0.4) is 0 Å². The lowest BCUT2D eigenvalue weighted by atomic mass is 10.1. The first-order valence-corrected chi connectivity index (χ1v) is 5.28. The molecule has 16 heavy (non-hydrogen) atoms. The summed E-state index contributed by atoms with van der Waals surface area (Å²) in [6.07, 6.45) is 9.47. The third-order valence-electron chi connectivity index (χ3n) is 2.39. The molecule has 4 heteroatoms. The fourth-order valence-corrected chi connectivity index (χ4v) is 1.50. The molecule has 1 atom stereocenters. The highest BCUT2D eigenvalue weighted by Crippen LogP contribution is 2.19. The largest absolute Gasteiger partial charge is 0.481 e. The normalized spacial score (nSPS) is 11.8. The fourth-order valence-electron chi connectivity index (χ4n) is 1.50. The molecule has 0 aliphatic rings. The highest BCUT2D eigenvalue weighted by molar-refractivity contribution is 5.16. The minimum atomic E-state index is 0.199. The Labute approximate surface area is 96.5 Å². The van der Waals surface area contributed by atoms with Crippen LogP contribution in [0.4, 0.5) is 0 Å². The zero-order valence-electron chi connectivity index (χ0n) is 9.73. The van der Waals surface area contributed by atoms with E-state index in [-0.39, 0.29) is 6.04 Å². The molecule has 0 aromatic carbocycles. The SMILES string of the molecule is C#CCCCC(NC)c1cc(OC)ncn1. The van der Waals surface area contributed by atoms with Crippen molar-refractivity contribution in [3.05, 3.63) is 18.1 Å². The van der Waals surface area contributed by atoms with Crippen molar-refractivity contribution in [2.75, 3.05) is 14.2 Å². The van der Waals surface area contributed by atoms with Crippen LogP contribution in [0, 0.1) is 12.3 Å². The van der Waals surface area contributed by atoms with Crippen LogP contribution in [0.5, 0.6) is 5.88 Å². The Bertz CT molecular complexity index is 360. The second kappa shape index (κ2) is 6.81. The number of nitrogens with zero attached hydrogens (tertiary/aromatic N) is 2. The van der Waals surface area contributed by atoms with Gasteiger partial charge in [-0.15, -0.1) is 12.3 Å². The number of hydrogen-bond donors (Lipinski definition) is 1. The van der Waals surface area contributed by atoms with Gasteiger partial charge in [0, 0.05) is 18.5 Å². The lowest BCUT2D eigenvalue weighted by Crippen LogP contribution is -2.17. The van der Waals surface area contributed by atoms with Crippen molar-refractivity contribution in [2.45, 2.75) is 25.3 Å². The summed E-state index contributed by atoms with van der Waals surface area (Å²) in [6, 6.07) is 2.04. The number of nitrogens with one attached hydrogen (secondary N) is 1. The van der Waals surface area contributed by atoms with Gasteiger partial charge in [-0.25, -0.2) is 9.97 Å². The molecule has 0 amide bonds. The molecule has 4 nitrogen and oxygen atoms in total. The number of aromatic nitrogens is 2. The standard InChI is InChI=1S/C12H17N3O/c1-4-5-6-7-10(13-2)11-8-12(16-3)15-9-14-11/h1,8-10,13H,5-7H2,2-3H3. The zero-order valence-corrected chi connectivity index (χ0v) is 9.73. The molecule has 86 valence electrons. The maximum Gasteiger partial charge on any atom is 0.216 e. The van der Waals surface area contributed by atoms with Gasteiger partial charge in [-0.3, -0.25) is 0 Å². The summed E-state index contributed by atoms with van der Waals surface area (Å²) in [5, 5.41) is 3.21. The van der Waals surface area contributed by atoms with Crippen LogP contribution < -0.4 is 10.1 Å². The van der Waals surface area contributed by atoms with Gasteiger partial charge in [0.25, 0.3) is 0 Å². The number of terminal acetylenes is 1. The van der Waals surface area contributed by atoms with Crippen molar-refractivity contribution in [2.24, 2.45) is 0 Å². The molecule has 1 unspecified atom stereocenters. The van der Waals surface area contributed by atoms with Crippen molar-refractivity contribution in [3.63, 3.8) is 0 Å². The predicted octanol–water partition coefficient (Wildman–Crippen LogP) is 1.55. The molecule has 0 aliphatic carbocycles. The van der Waals surface area contributed by atoms with Crippen LogP contribution in [0.25, 0.3) is 0 Å². The minimum absolute atomic E-state index is 0.199. The van der Waals surface area contributed by atoms with Crippen LogP contribution in [0.2, 0.25) is 0 Å². The van der Waals surface area contributed by atoms with E-state index in [2.05, 4.69) is 21.2 Å². The molecule has 0 spiro atoms. The van der Waals surface area contributed by atoms with Crippen LogP contribution in [-0.2, 0) is 0 Å². The lowest BCUT2D eigenvalue weighted by Gasteiger charge is -2.15. The molecule has 1 heterocycles. The minimum Gasteiger partial charge on any atom is -0.481 e. The summed E-state index contributed by atoms with van der Waals surface area (Å²) >= 11 is 0. The van der Waals surface area contributed by atoms with Crippen LogP contribution in [0.15, 0.2) is 12.4 Å². The second-order valence-electron chi connectivity index (χ2n) is 3.42. The first kappa shape index (κ1) is 12.5. The van der Waals surface area contributed by atoms with E-state index >= 15 is 0 Å². The Morgan fingerprint density at radius 2 is 2.38 bits per heavy atom. The number of methoxy groups -OCH3 is 1. The van der Waals surface area contributed by atoms with Gasteiger partial charge in [0.1, 0.15) is 6.33 Å². The Kier molecular flexibility index (Phi) is 5.30. The highest BCUT2D eigenvalue weighted by atomic mass is 16.5. The van der Waals surface area contributed by atoms with E-state index in [9.17, 15) is 0 Å². The topological polar surface area (TPSA) is 47.0 Å². The molecule has 1 rings (SSSR count). The third-order valence-corrected chi connectivity index (χ3v) is 2.39. The first-order valence-electron chi connectivity index (χ1n) is 5.28. The van der Waals surface area contributed by atoms with Crippen molar-refractivity contribution < 1.29 is 4.74 Å². The smallest absolute Gasteiger partial charge is 0.216 e. The van der Waals surface area contributed by atoms with Gasteiger partial charge in [-0.2, -0.15) is 0 Å². The fraction of sp³-hybridized carbons (Fsp3) is 0.500. The summed E-state index contributed by atoms with van der Waals surface area (Å²) in [6.45, 7) is 0. The van der Waals surface area contributed by atoms with Crippen LogP contribution in [0.1, 0.15) is 31.0 Å². The molecule has 0 radical (unpaired) electrons. The van der Waals surface area contributed by atoms with Crippen LogP contribution in [-0.4, -0.2) is 24.1 Å². The molecule has 0 bridgehead atoms. The van der Waals surface area contributed by atoms with E-state index in [4.69, 9.17) is 11.2 Å². The number of unbranched alkanes of at least 4 members (excludes halogenated alkanes) is 1. The Morgan fingerprint density at radius 1 is 1.56 bits per heavy atom. The second-order valence-corrected chi connectivity index (χ2v) is 3.42. The molecule has 0 saturated carbocycles. The van der Waals surface area contributed by atoms with Gasteiger partial charge >= 0.3 is 0 Å². The van der Waals surface area contributed by atoms with E-state index in [0.29, 0.717) is 5.88 Å². The summed E-state index contributed by atoms with van der Waals surface area (Å²) in [4.78, 5) is 8.21. The summed E-state index contributed by atoms with van der Waals surface area (Å²) in [5.74, 6) is 3.22. The van der Waals surface area contributed by atoms with Gasteiger partial charge in [-0.05, 0) is 19.9 Å². The quantitative estimate of drug-likeness (QED) is 0.582. The van der Waals surface area contributed by atoms with E-state index < -0.39 is 0 Å². The first-order chi connectivity index (χ1) is 7.81. The molecular weight excluding hydrogens is 202 g/mol. The number of rotatable bonds is 6. The monoisotopic (exact) mass is 219 g/mol. The molecular formula is C12H17N3O. The predicted molar refractivity (Wildman–Crippen MR) is 63.1 cm³/mol. The average Bonchev–Trinajstić information content (AvgIpc) is 2.35. The van der Waals surface area contributed by atoms with E-state index in [0.717, 1.165) is 25.0 Å². The highest BCUT2D eigenvalue weighted by Gasteiger charge is 2.11. The summed E-state index contributed by atoms with van der Waals surface area (Å²) in [7, 11) is 3.51. The summed E-state index contributed by atoms with van der Waals surface area (Å²) < 4.78 is 5.06. The maximum absolute atomic E-state index is 5.22. The molecule has 0 aliphatic heterocycles. The number of hydrogen-bond acceptors (Lipinski definition) is 4. The maximum atomic E-state index is 5.22. The lowest BCUT2D eigenvalue weighted by molar-refractivity contribution is 0.393. The van der Waals surface area contributed by atoms with Gasteiger partial charge in [-0.1, -0.05) is 0 Å². The summed E-state index contributed by atoms with van der Waals surface area (Å²) in [5.41, 5.74) is 0.936. The molecule has 0 saturated heterocycles. The van der Waals surface area contributed by atoms with Crippen molar-refractivity contribution in [1.29, 1.82) is 0 Å².